The molecule has 1 aliphatic rings. The molecule has 134 valence electrons. The fourth-order valence-corrected chi connectivity index (χ4v) is 3.31. The average molecular weight is 347 g/mol. The van der Waals surface area contributed by atoms with E-state index < -0.39 is 5.67 Å². The van der Waals surface area contributed by atoms with E-state index >= 15 is 0 Å². The number of nitrogens with two attached hydrogens (primary N) is 1. The summed E-state index contributed by atoms with van der Waals surface area (Å²) in [6, 6.07) is 6.93. The molecule has 3 rings (SSSR count). The predicted molar refractivity (Wildman–Crippen MR) is 93.2 cm³/mol. The van der Waals surface area contributed by atoms with Gasteiger partial charge in [0.05, 0.1) is 0 Å². The highest BCUT2D eigenvalue weighted by atomic mass is 19.1. The first kappa shape index (κ1) is 17.5. The molecule has 0 saturated heterocycles. The molecule has 3 N–H and O–H groups in total. The third-order valence-corrected chi connectivity index (χ3v) is 4.60. The van der Waals surface area contributed by atoms with Crippen molar-refractivity contribution in [1.29, 1.82) is 0 Å². The van der Waals surface area contributed by atoms with Crippen molar-refractivity contribution < 1.29 is 8.78 Å². The van der Waals surface area contributed by atoms with Gasteiger partial charge in [-0.1, -0.05) is 24.6 Å². The Bertz CT molecular complexity index is 744. The summed E-state index contributed by atoms with van der Waals surface area (Å²) < 4.78 is 28.0. The molecule has 0 bridgehead atoms. The molecule has 0 radical (unpaired) electrons. The maximum absolute atomic E-state index is 14.1. The van der Waals surface area contributed by atoms with E-state index in [4.69, 9.17) is 5.73 Å². The van der Waals surface area contributed by atoms with Crippen LogP contribution in [0.5, 0.6) is 0 Å². The Morgan fingerprint density at radius 1 is 1.20 bits per heavy atom. The first-order chi connectivity index (χ1) is 11.8. The Balaban J connectivity index is 1.76. The molecule has 0 amide bonds. The number of hydrogen-bond acceptors (Lipinski definition) is 5. The van der Waals surface area contributed by atoms with Crippen LogP contribution in [-0.2, 0) is 12.1 Å². The molecule has 5 nitrogen and oxygen atoms in total. The van der Waals surface area contributed by atoms with Crippen molar-refractivity contribution in [3.63, 3.8) is 0 Å². The zero-order chi connectivity index (χ0) is 18.0. The molecule has 1 aromatic carbocycles. The molecule has 1 fully saturated rings. The minimum Gasteiger partial charge on any atom is -0.368 e. The van der Waals surface area contributed by atoms with E-state index in [0.717, 1.165) is 19.3 Å². The Kier molecular flexibility index (Phi) is 4.83. The van der Waals surface area contributed by atoms with Crippen LogP contribution in [0.15, 0.2) is 24.3 Å². The number of rotatable bonds is 5. The molecule has 25 heavy (non-hydrogen) atoms. The fraction of sp³-hybridized carbons (Fsp3) is 0.500. The minimum absolute atomic E-state index is 0.00570. The van der Waals surface area contributed by atoms with Crippen LogP contribution >= 0.6 is 0 Å². The van der Waals surface area contributed by atoms with Gasteiger partial charge in [0.25, 0.3) is 0 Å². The third-order valence-electron chi connectivity index (χ3n) is 4.60. The molecule has 2 aromatic rings. The summed E-state index contributed by atoms with van der Waals surface area (Å²) in [5, 5.41) is 3.25. The molecule has 0 spiro atoms. The quantitative estimate of drug-likeness (QED) is 0.864. The Morgan fingerprint density at radius 2 is 1.96 bits per heavy atom. The second kappa shape index (κ2) is 6.90. The lowest BCUT2D eigenvalue weighted by atomic mass is 9.94. The minimum atomic E-state index is -1.70. The van der Waals surface area contributed by atoms with Crippen LogP contribution in [0.25, 0.3) is 0 Å². The number of halogens is 2. The maximum atomic E-state index is 14.1. The van der Waals surface area contributed by atoms with Gasteiger partial charge in [-0.15, -0.1) is 0 Å². The monoisotopic (exact) mass is 347 g/mol. The lowest BCUT2D eigenvalue weighted by Gasteiger charge is -2.22. The summed E-state index contributed by atoms with van der Waals surface area (Å²) in [5.41, 5.74) is 4.70. The normalized spacial score (nSPS) is 20.6. The predicted octanol–water partition coefficient (Wildman–Crippen LogP) is 3.62. The van der Waals surface area contributed by atoms with Gasteiger partial charge in [-0.2, -0.15) is 15.0 Å². The molecule has 1 heterocycles. The van der Waals surface area contributed by atoms with Crippen molar-refractivity contribution in [1.82, 2.24) is 15.0 Å². The summed E-state index contributed by atoms with van der Waals surface area (Å²) in [6.45, 7) is 2.75. The van der Waals surface area contributed by atoms with Gasteiger partial charge < -0.3 is 11.1 Å². The maximum Gasteiger partial charge on any atom is 0.228 e. The van der Waals surface area contributed by atoms with Crippen molar-refractivity contribution in [2.75, 3.05) is 11.1 Å². The highest BCUT2D eigenvalue weighted by molar-refractivity contribution is 5.34. The Hall–Kier alpha value is -2.31. The van der Waals surface area contributed by atoms with Crippen molar-refractivity contribution in [3.8, 4) is 0 Å². The van der Waals surface area contributed by atoms with Crippen LogP contribution in [0.4, 0.5) is 20.7 Å². The number of alkyl halides is 1. The molecule has 1 saturated carbocycles. The Morgan fingerprint density at radius 3 is 2.68 bits per heavy atom. The lowest BCUT2D eigenvalue weighted by molar-refractivity contribution is 0.206. The molecular formula is C18H23F2N5. The second-order valence-corrected chi connectivity index (χ2v) is 7.05. The van der Waals surface area contributed by atoms with Gasteiger partial charge >= 0.3 is 0 Å². The molecule has 2 atom stereocenters. The smallest absolute Gasteiger partial charge is 0.228 e. The number of anilines is 2. The molecule has 7 heteroatoms. The molecule has 0 aliphatic heterocycles. The number of nitrogens with zero attached hydrogens (tertiary/aromatic N) is 3. The van der Waals surface area contributed by atoms with Crippen LogP contribution in [-0.4, -0.2) is 21.0 Å². The first-order valence-electron chi connectivity index (χ1n) is 8.54. The highest BCUT2D eigenvalue weighted by Gasteiger charge is 2.30. The third kappa shape index (κ3) is 4.21. The van der Waals surface area contributed by atoms with Crippen LogP contribution in [0.2, 0.25) is 0 Å². The SMILES string of the molecule is CC(C)(F)c1nc(N)nc(NC2CCCC2Cc2ccccc2F)n1. The number of benzene rings is 1. The van der Waals surface area contributed by atoms with E-state index in [-0.39, 0.29) is 35.5 Å². The Labute approximate surface area is 146 Å². The van der Waals surface area contributed by atoms with Crippen molar-refractivity contribution >= 4 is 11.9 Å². The van der Waals surface area contributed by atoms with Crippen molar-refractivity contribution in [3.05, 3.63) is 41.5 Å². The summed E-state index contributed by atoms with van der Waals surface area (Å²) >= 11 is 0. The van der Waals surface area contributed by atoms with E-state index in [1.807, 2.05) is 12.1 Å². The lowest BCUT2D eigenvalue weighted by Crippen LogP contribution is -2.28. The number of nitrogens with one attached hydrogen (secondary N) is 1. The van der Waals surface area contributed by atoms with Gasteiger partial charge in [-0.25, -0.2) is 8.78 Å². The van der Waals surface area contributed by atoms with Crippen LogP contribution < -0.4 is 11.1 Å². The number of nitrogen functional groups attached to an aromatic ring is 1. The van der Waals surface area contributed by atoms with E-state index in [2.05, 4.69) is 20.3 Å². The van der Waals surface area contributed by atoms with Gasteiger partial charge in [-0.05, 0) is 50.7 Å². The summed E-state index contributed by atoms with van der Waals surface area (Å²) in [5.74, 6) is 0.349. The average Bonchev–Trinajstić information content (AvgIpc) is 2.95. The van der Waals surface area contributed by atoms with E-state index in [1.165, 1.54) is 19.9 Å². The summed E-state index contributed by atoms with van der Waals surface area (Å²) in [7, 11) is 0. The number of aromatic nitrogens is 3. The topological polar surface area (TPSA) is 76.7 Å². The highest BCUT2D eigenvalue weighted by Crippen LogP contribution is 2.32. The first-order valence-corrected chi connectivity index (χ1v) is 8.54. The second-order valence-electron chi connectivity index (χ2n) is 7.05. The van der Waals surface area contributed by atoms with Crippen LogP contribution in [0.1, 0.15) is 44.5 Å². The standard InChI is InChI=1S/C18H23F2N5/c1-18(2,20)15-23-16(21)25-17(24-15)22-14-9-5-7-12(14)10-11-6-3-4-8-13(11)19/h3-4,6,8,12,14H,5,7,9-10H2,1-2H3,(H3,21,22,23,24,25). The van der Waals surface area contributed by atoms with Gasteiger partial charge in [0.15, 0.2) is 11.5 Å². The van der Waals surface area contributed by atoms with E-state index in [1.54, 1.807) is 6.07 Å². The van der Waals surface area contributed by atoms with Gasteiger partial charge in [0.2, 0.25) is 11.9 Å². The molecule has 1 aliphatic carbocycles. The van der Waals surface area contributed by atoms with Gasteiger partial charge in [0, 0.05) is 6.04 Å². The largest absolute Gasteiger partial charge is 0.368 e. The molecule has 2 unspecified atom stereocenters. The molecular weight excluding hydrogens is 324 g/mol. The van der Waals surface area contributed by atoms with Crippen molar-refractivity contribution in [2.24, 2.45) is 5.92 Å². The summed E-state index contributed by atoms with van der Waals surface area (Å²) in [4.78, 5) is 12.1. The van der Waals surface area contributed by atoms with Crippen LogP contribution in [0.3, 0.4) is 0 Å². The van der Waals surface area contributed by atoms with Gasteiger partial charge in [-0.3, -0.25) is 0 Å². The van der Waals surface area contributed by atoms with E-state index in [0.29, 0.717) is 12.0 Å². The molecule has 1 aromatic heterocycles. The van der Waals surface area contributed by atoms with E-state index in [9.17, 15) is 8.78 Å². The zero-order valence-corrected chi connectivity index (χ0v) is 14.5. The summed E-state index contributed by atoms with van der Waals surface area (Å²) in [6.07, 6.45) is 3.61. The van der Waals surface area contributed by atoms with Crippen LogP contribution in [0, 0.1) is 11.7 Å². The fourth-order valence-electron chi connectivity index (χ4n) is 3.31. The zero-order valence-electron chi connectivity index (χ0n) is 14.5. The number of hydrogen-bond donors (Lipinski definition) is 2. The van der Waals surface area contributed by atoms with Gasteiger partial charge in [0.1, 0.15) is 5.82 Å². The van der Waals surface area contributed by atoms with Crippen molar-refractivity contribution in [2.45, 2.75) is 51.2 Å².